The van der Waals surface area contributed by atoms with Gasteiger partial charge in [-0.3, -0.25) is 4.99 Å². The Balaban J connectivity index is 1.34. The summed E-state index contributed by atoms with van der Waals surface area (Å²) in [5, 5.41) is 3.80. The number of benzene rings is 3. The Kier molecular flexibility index (Phi) is 7.42. The van der Waals surface area contributed by atoms with Crippen LogP contribution in [0.2, 0.25) is 0 Å². The molecule has 5 heteroatoms. The van der Waals surface area contributed by atoms with Gasteiger partial charge in [-0.25, -0.2) is 0 Å². The molecular weight excluding hydrogens is 547 g/mol. The van der Waals surface area contributed by atoms with Crippen LogP contribution in [0.15, 0.2) is 77.8 Å². The van der Waals surface area contributed by atoms with Crippen molar-refractivity contribution in [1.82, 2.24) is 0 Å². The molecule has 0 saturated heterocycles. The van der Waals surface area contributed by atoms with Crippen LogP contribution in [0.4, 0.5) is 11.4 Å². The fourth-order valence-corrected chi connectivity index (χ4v) is 5.84. The summed E-state index contributed by atoms with van der Waals surface area (Å²) >= 11 is 2.31. The minimum absolute atomic E-state index is 0.300. The van der Waals surface area contributed by atoms with Crippen molar-refractivity contribution in [3.63, 3.8) is 0 Å². The van der Waals surface area contributed by atoms with Crippen LogP contribution >= 0.6 is 22.6 Å². The van der Waals surface area contributed by atoms with Gasteiger partial charge in [0.25, 0.3) is 0 Å². The lowest BCUT2D eigenvalue weighted by molar-refractivity contribution is 0.275. The van der Waals surface area contributed by atoms with Crippen LogP contribution < -0.4 is 14.8 Å². The van der Waals surface area contributed by atoms with Gasteiger partial charge in [-0.1, -0.05) is 49.4 Å². The summed E-state index contributed by atoms with van der Waals surface area (Å²) < 4.78 is 12.8. The first-order chi connectivity index (χ1) is 17.2. The van der Waals surface area contributed by atoms with Crippen LogP contribution in [0.5, 0.6) is 11.5 Å². The SMILES string of the molecule is CCCOc1c(I)cc(C=Nc2ccc([C@@H]3Nc4ccccc4[C@H]4C=CC[C@@H]43)cc2)cc1OCC. The van der Waals surface area contributed by atoms with Gasteiger partial charge in [0.1, 0.15) is 0 Å². The molecule has 180 valence electrons. The number of hydrogen-bond acceptors (Lipinski definition) is 4. The highest BCUT2D eigenvalue weighted by atomic mass is 127. The molecule has 5 rings (SSSR count). The molecule has 0 radical (unpaired) electrons. The molecule has 0 bridgehead atoms. The monoisotopic (exact) mass is 578 g/mol. The molecule has 1 N–H and O–H groups in total. The zero-order valence-electron chi connectivity index (χ0n) is 20.2. The van der Waals surface area contributed by atoms with Gasteiger partial charge in [-0.2, -0.15) is 0 Å². The minimum atomic E-state index is 0.300. The number of nitrogens with one attached hydrogen (secondary N) is 1. The molecule has 0 amide bonds. The van der Waals surface area contributed by atoms with Crippen LogP contribution in [-0.4, -0.2) is 19.4 Å². The highest BCUT2D eigenvalue weighted by Gasteiger charge is 2.37. The summed E-state index contributed by atoms with van der Waals surface area (Å²) in [5.74, 6) is 2.62. The quantitative estimate of drug-likeness (QED) is 0.167. The molecule has 0 saturated carbocycles. The molecule has 0 fully saturated rings. The molecule has 1 aliphatic heterocycles. The van der Waals surface area contributed by atoms with Gasteiger partial charge in [-0.05, 0) is 95.3 Å². The fraction of sp³-hybridized carbons (Fsp3) is 0.300. The Bertz CT molecular complexity index is 1240. The highest BCUT2D eigenvalue weighted by molar-refractivity contribution is 14.1. The maximum atomic E-state index is 5.92. The Morgan fingerprint density at radius 1 is 1.06 bits per heavy atom. The van der Waals surface area contributed by atoms with Gasteiger partial charge in [0.05, 0.1) is 28.5 Å². The van der Waals surface area contributed by atoms with Crippen molar-refractivity contribution < 1.29 is 9.47 Å². The molecule has 0 spiro atoms. The van der Waals surface area contributed by atoms with E-state index in [0.29, 0.717) is 31.1 Å². The van der Waals surface area contributed by atoms with Crippen LogP contribution in [0.25, 0.3) is 0 Å². The third-order valence-corrected chi connectivity index (χ3v) is 7.47. The van der Waals surface area contributed by atoms with Gasteiger partial charge < -0.3 is 14.8 Å². The minimum Gasteiger partial charge on any atom is -0.490 e. The normalized spacial score (nSPS) is 20.4. The number of para-hydroxylation sites is 1. The van der Waals surface area contributed by atoms with E-state index in [1.807, 2.05) is 19.2 Å². The largest absolute Gasteiger partial charge is 0.490 e. The standard InChI is InChI=1S/C30H31IN2O2/c1-3-16-35-30-26(31)17-20(18-28(30)34-4-2)19-32-22-14-12-21(13-15-22)29-25-10-7-9-23(25)24-8-5-6-11-27(24)33-29/h5-9,11-15,17-19,23,25,29,33H,3-4,10,16H2,1-2H3/t23-,25+,29+/m1/s1. The topological polar surface area (TPSA) is 42.8 Å². The van der Waals surface area contributed by atoms with E-state index in [0.717, 1.165) is 39.2 Å². The molecule has 35 heavy (non-hydrogen) atoms. The summed E-state index contributed by atoms with van der Waals surface area (Å²) in [4.78, 5) is 4.74. The van der Waals surface area contributed by atoms with Crippen molar-refractivity contribution in [2.75, 3.05) is 18.5 Å². The van der Waals surface area contributed by atoms with Crippen LogP contribution in [-0.2, 0) is 0 Å². The number of allylic oxidation sites excluding steroid dienone is 2. The third kappa shape index (κ3) is 5.10. The van der Waals surface area contributed by atoms with Crippen molar-refractivity contribution in [2.45, 2.75) is 38.6 Å². The Morgan fingerprint density at radius 2 is 1.89 bits per heavy atom. The van der Waals surface area contributed by atoms with Crippen molar-refractivity contribution in [3.05, 3.63) is 93.1 Å². The molecular formula is C30H31IN2O2. The first kappa shape index (κ1) is 23.9. The van der Waals surface area contributed by atoms with E-state index in [2.05, 4.69) is 102 Å². The molecule has 3 aromatic rings. The second kappa shape index (κ2) is 10.9. The highest BCUT2D eigenvalue weighted by Crippen LogP contribution is 2.49. The molecule has 1 heterocycles. The summed E-state index contributed by atoms with van der Waals surface area (Å²) in [6.45, 7) is 5.36. The Labute approximate surface area is 221 Å². The Hall–Kier alpha value is -2.80. The van der Waals surface area contributed by atoms with Crippen molar-refractivity contribution >= 4 is 40.2 Å². The maximum absolute atomic E-state index is 5.92. The van der Waals surface area contributed by atoms with Gasteiger partial charge in [0.2, 0.25) is 0 Å². The second-order valence-corrected chi connectivity index (χ2v) is 10.2. The van der Waals surface area contributed by atoms with Gasteiger partial charge in [0, 0.05) is 17.8 Å². The number of rotatable bonds is 8. The number of fused-ring (bicyclic) bond motifs is 3. The average Bonchev–Trinajstić information content (AvgIpc) is 3.38. The maximum Gasteiger partial charge on any atom is 0.174 e. The Morgan fingerprint density at radius 3 is 2.69 bits per heavy atom. The van der Waals surface area contributed by atoms with E-state index < -0.39 is 0 Å². The fourth-order valence-electron chi connectivity index (χ4n) is 5.06. The van der Waals surface area contributed by atoms with Crippen molar-refractivity contribution in [3.8, 4) is 11.5 Å². The molecule has 2 aliphatic rings. The zero-order valence-corrected chi connectivity index (χ0v) is 22.4. The number of halogens is 1. The molecule has 0 aromatic heterocycles. The van der Waals surface area contributed by atoms with Crippen LogP contribution in [0, 0.1) is 9.49 Å². The first-order valence-electron chi connectivity index (χ1n) is 12.4. The van der Waals surface area contributed by atoms with E-state index in [-0.39, 0.29) is 0 Å². The number of nitrogens with zero attached hydrogens (tertiary/aromatic N) is 1. The third-order valence-electron chi connectivity index (χ3n) is 6.67. The van der Waals surface area contributed by atoms with E-state index in [1.54, 1.807) is 0 Å². The van der Waals surface area contributed by atoms with Crippen LogP contribution in [0.3, 0.4) is 0 Å². The van der Waals surface area contributed by atoms with E-state index in [9.17, 15) is 0 Å². The van der Waals surface area contributed by atoms with Gasteiger partial charge in [0.15, 0.2) is 11.5 Å². The van der Waals surface area contributed by atoms with E-state index >= 15 is 0 Å². The molecule has 1 aliphatic carbocycles. The van der Waals surface area contributed by atoms with Gasteiger partial charge >= 0.3 is 0 Å². The number of aliphatic imine (C=N–C) groups is 1. The van der Waals surface area contributed by atoms with E-state index in [1.165, 1.54) is 16.8 Å². The summed E-state index contributed by atoms with van der Waals surface area (Å²) in [6.07, 6.45) is 8.68. The number of ether oxygens (including phenoxy) is 2. The summed E-state index contributed by atoms with van der Waals surface area (Å²) in [6, 6.07) is 21.7. The predicted molar refractivity (Wildman–Crippen MR) is 153 cm³/mol. The van der Waals surface area contributed by atoms with Gasteiger partial charge in [-0.15, -0.1) is 0 Å². The average molecular weight is 578 g/mol. The summed E-state index contributed by atoms with van der Waals surface area (Å²) in [5.41, 5.74) is 5.90. The first-order valence-corrected chi connectivity index (χ1v) is 13.5. The second-order valence-electron chi connectivity index (χ2n) is 9.02. The lowest BCUT2D eigenvalue weighted by Gasteiger charge is -2.37. The zero-order chi connectivity index (χ0) is 24.2. The number of hydrogen-bond donors (Lipinski definition) is 1. The molecule has 3 aromatic carbocycles. The summed E-state index contributed by atoms with van der Waals surface area (Å²) in [7, 11) is 0. The van der Waals surface area contributed by atoms with Crippen molar-refractivity contribution in [2.24, 2.45) is 10.9 Å². The predicted octanol–water partition coefficient (Wildman–Crippen LogP) is 8.06. The molecule has 3 atom stereocenters. The molecule has 0 unspecified atom stereocenters. The lowest BCUT2D eigenvalue weighted by atomic mass is 9.77. The lowest BCUT2D eigenvalue weighted by Crippen LogP contribution is -2.28. The van der Waals surface area contributed by atoms with Crippen LogP contribution in [0.1, 0.15) is 55.3 Å². The number of anilines is 1. The van der Waals surface area contributed by atoms with Crippen molar-refractivity contribution in [1.29, 1.82) is 0 Å². The molecule has 4 nitrogen and oxygen atoms in total. The van der Waals surface area contributed by atoms with E-state index in [4.69, 9.17) is 14.5 Å². The smallest absolute Gasteiger partial charge is 0.174 e.